The first-order valence-corrected chi connectivity index (χ1v) is 7.02. The van der Waals surface area contributed by atoms with Crippen molar-refractivity contribution < 1.29 is 9.47 Å². The highest BCUT2D eigenvalue weighted by Gasteiger charge is 2.08. The maximum atomic E-state index is 8.84. The molecule has 0 aliphatic heterocycles. The van der Waals surface area contributed by atoms with Gasteiger partial charge in [-0.2, -0.15) is 5.26 Å². The predicted molar refractivity (Wildman–Crippen MR) is 85.0 cm³/mol. The Morgan fingerprint density at radius 3 is 2.60 bits per heavy atom. The first-order valence-electron chi connectivity index (χ1n) is 5.94. The minimum atomic E-state index is 0.112. The number of anilines is 1. The minimum absolute atomic E-state index is 0.112. The molecule has 0 bridgehead atoms. The Bertz CT molecular complexity index is 601. The van der Waals surface area contributed by atoms with Crippen molar-refractivity contribution in [2.24, 2.45) is 0 Å². The maximum Gasteiger partial charge on any atom is 0.189 e. The smallest absolute Gasteiger partial charge is 0.189 e. The second-order valence-electron chi connectivity index (χ2n) is 4.08. The van der Waals surface area contributed by atoms with E-state index in [2.05, 4.69) is 28.7 Å². The Morgan fingerprint density at radius 1 is 1.20 bits per heavy atom. The van der Waals surface area contributed by atoms with Crippen LogP contribution in [0.2, 0.25) is 0 Å². The molecule has 0 fully saturated rings. The first kappa shape index (κ1) is 14.6. The average molecular weight is 380 g/mol. The Labute approximate surface area is 131 Å². The van der Waals surface area contributed by atoms with E-state index in [0.717, 1.165) is 9.13 Å². The molecule has 2 N–H and O–H groups in total. The van der Waals surface area contributed by atoms with Crippen LogP contribution in [-0.4, -0.2) is 6.79 Å². The van der Waals surface area contributed by atoms with Crippen molar-refractivity contribution in [3.8, 4) is 11.8 Å². The average Bonchev–Trinajstić information content (AvgIpc) is 2.46. The van der Waals surface area contributed by atoms with Crippen molar-refractivity contribution in [2.45, 2.75) is 6.61 Å². The van der Waals surface area contributed by atoms with Gasteiger partial charge in [-0.1, -0.05) is 30.3 Å². The molecule has 20 heavy (non-hydrogen) atoms. The van der Waals surface area contributed by atoms with Gasteiger partial charge in [0, 0.05) is 0 Å². The van der Waals surface area contributed by atoms with Gasteiger partial charge in [0.05, 0.1) is 27.5 Å². The summed E-state index contributed by atoms with van der Waals surface area (Å²) >= 11 is 2.09. The quantitative estimate of drug-likeness (QED) is 0.374. The molecule has 0 spiro atoms. The van der Waals surface area contributed by atoms with Crippen LogP contribution in [0.5, 0.6) is 5.75 Å². The molecule has 0 aliphatic rings. The lowest BCUT2D eigenvalue weighted by Crippen LogP contribution is -2.06. The summed E-state index contributed by atoms with van der Waals surface area (Å²) in [6, 6.07) is 15.2. The molecule has 0 aromatic heterocycles. The topological polar surface area (TPSA) is 68.3 Å². The fraction of sp³-hybridized carbons (Fsp3) is 0.133. The number of hydrogen-bond acceptors (Lipinski definition) is 4. The van der Waals surface area contributed by atoms with Crippen molar-refractivity contribution in [2.75, 3.05) is 12.5 Å². The van der Waals surface area contributed by atoms with E-state index in [1.807, 2.05) is 30.3 Å². The molecule has 0 saturated heterocycles. The molecule has 0 amide bonds. The monoisotopic (exact) mass is 380 g/mol. The van der Waals surface area contributed by atoms with Crippen LogP contribution < -0.4 is 10.5 Å². The van der Waals surface area contributed by atoms with E-state index < -0.39 is 0 Å². The third kappa shape index (κ3) is 3.85. The number of rotatable bonds is 5. The highest BCUT2D eigenvalue weighted by atomic mass is 127. The van der Waals surface area contributed by atoms with Crippen LogP contribution in [0.15, 0.2) is 42.5 Å². The molecule has 2 aromatic rings. The highest BCUT2D eigenvalue weighted by molar-refractivity contribution is 14.1. The summed E-state index contributed by atoms with van der Waals surface area (Å²) in [4.78, 5) is 0. The fourth-order valence-corrected chi connectivity index (χ4v) is 2.47. The lowest BCUT2D eigenvalue weighted by atomic mass is 10.2. The van der Waals surface area contributed by atoms with E-state index >= 15 is 0 Å². The zero-order valence-electron chi connectivity index (χ0n) is 10.7. The molecular weight excluding hydrogens is 367 g/mol. The van der Waals surface area contributed by atoms with Gasteiger partial charge < -0.3 is 15.2 Å². The van der Waals surface area contributed by atoms with E-state index in [9.17, 15) is 0 Å². The number of nitrogens with zero attached hydrogens (tertiary/aromatic N) is 1. The summed E-state index contributed by atoms with van der Waals surface area (Å²) < 4.78 is 11.8. The lowest BCUT2D eigenvalue weighted by molar-refractivity contribution is 0.00500. The summed E-state index contributed by atoms with van der Waals surface area (Å²) in [6.45, 7) is 0.592. The molecule has 102 valence electrons. The normalized spacial score (nSPS) is 10.0. The molecule has 4 nitrogen and oxygen atoms in total. The van der Waals surface area contributed by atoms with Crippen LogP contribution >= 0.6 is 22.6 Å². The molecule has 0 radical (unpaired) electrons. The third-order valence-corrected chi connectivity index (χ3v) is 3.40. The van der Waals surface area contributed by atoms with Crippen LogP contribution in [0.3, 0.4) is 0 Å². The first-order chi connectivity index (χ1) is 9.70. The summed E-state index contributed by atoms with van der Waals surface area (Å²) in [6.07, 6.45) is 0. The fourth-order valence-electron chi connectivity index (χ4n) is 1.67. The standard InChI is InChI=1S/C15H13IN2O2/c16-13-6-12(8-17)7-14(18)15(13)20-10-19-9-11-4-2-1-3-5-11/h1-7H,9-10,18H2. The number of halogens is 1. The van der Waals surface area contributed by atoms with E-state index in [1.165, 1.54) is 0 Å². The predicted octanol–water partition coefficient (Wildman–Crippen LogP) is 3.30. The molecular formula is C15H13IN2O2. The van der Waals surface area contributed by atoms with Crippen LogP contribution in [0.25, 0.3) is 0 Å². The summed E-state index contributed by atoms with van der Waals surface area (Å²) in [7, 11) is 0. The van der Waals surface area contributed by atoms with Gasteiger partial charge >= 0.3 is 0 Å². The van der Waals surface area contributed by atoms with Crippen molar-refractivity contribution in [3.63, 3.8) is 0 Å². The zero-order chi connectivity index (χ0) is 14.4. The Morgan fingerprint density at radius 2 is 1.95 bits per heavy atom. The maximum absolute atomic E-state index is 8.84. The van der Waals surface area contributed by atoms with E-state index in [4.69, 9.17) is 20.5 Å². The Kier molecular flexibility index (Phi) is 5.21. The SMILES string of the molecule is N#Cc1cc(N)c(OCOCc2ccccc2)c(I)c1. The second kappa shape index (κ2) is 7.12. The molecule has 0 unspecified atom stereocenters. The van der Waals surface area contributed by atoms with E-state index in [1.54, 1.807) is 12.1 Å². The highest BCUT2D eigenvalue weighted by Crippen LogP contribution is 2.29. The molecule has 2 rings (SSSR count). The van der Waals surface area contributed by atoms with E-state index in [0.29, 0.717) is 23.6 Å². The van der Waals surface area contributed by atoms with Crippen LogP contribution in [0.1, 0.15) is 11.1 Å². The number of nitriles is 1. The summed E-state index contributed by atoms with van der Waals surface area (Å²) in [5.41, 5.74) is 7.90. The lowest BCUT2D eigenvalue weighted by Gasteiger charge is -2.11. The zero-order valence-corrected chi connectivity index (χ0v) is 12.8. The number of ether oxygens (including phenoxy) is 2. The van der Waals surface area contributed by atoms with Crippen molar-refractivity contribution in [1.29, 1.82) is 5.26 Å². The van der Waals surface area contributed by atoms with Gasteiger partial charge in [0.1, 0.15) is 0 Å². The van der Waals surface area contributed by atoms with Crippen LogP contribution in [-0.2, 0) is 11.3 Å². The molecule has 0 heterocycles. The number of hydrogen-bond donors (Lipinski definition) is 1. The van der Waals surface area contributed by atoms with Gasteiger partial charge in [0.25, 0.3) is 0 Å². The van der Waals surface area contributed by atoms with Gasteiger partial charge in [0.15, 0.2) is 12.5 Å². The molecule has 2 aromatic carbocycles. The van der Waals surface area contributed by atoms with Gasteiger partial charge in [-0.3, -0.25) is 0 Å². The van der Waals surface area contributed by atoms with Crippen molar-refractivity contribution in [1.82, 2.24) is 0 Å². The third-order valence-electron chi connectivity index (χ3n) is 2.60. The van der Waals surface area contributed by atoms with Crippen LogP contribution in [0.4, 0.5) is 5.69 Å². The minimum Gasteiger partial charge on any atom is -0.464 e. The van der Waals surface area contributed by atoms with E-state index in [-0.39, 0.29) is 6.79 Å². The van der Waals surface area contributed by atoms with Crippen molar-refractivity contribution >= 4 is 28.3 Å². The Balaban J connectivity index is 1.90. The number of nitrogens with two attached hydrogens (primary N) is 1. The largest absolute Gasteiger partial charge is 0.464 e. The second-order valence-corrected chi connectivity index (χ2v) is 5.25. The molecule has 5 heteroatoms. The van der Waals surface area contributed by atoms with Crippen molar-refractivity contribution in [3.05, 3.63) is 57.2 Å². The molecule has 0 saturated carbocycles. The van der Waals surface area contributed by atoms with Gasteiger partial charge in [-0.05, 0) is 40.3 Å². The van der Waals surface area contributed by atoms with Gasteiger partial charge in [-0.15, -0.1) is 0 Å². The summed E-state index contributed by atoms with van der Waals surface area (Å²) in [5.74, 6) is 0.553. The van der Waals surface area contributed by atoms with Gasteiger partial charge in [-0.25, -0.2) is 0 Å². The number of nitrogen functional groups attached to an aromatic ring is 1. The summed E-state index contributed by atoms with van der Waals surface area (Å²) in [5, 5.41) is 8.84. The Hall–Kier alpha value is -1.78. The molecule has 0 atom stereocenters. The van der Waals surface area contributed by atoms with Gasteiger partial charge in [0.2, 0.25) is 0 Å². The molecule has 0 aliphatic carbocycles. The van der Waals surface area contributed by atoms with Crippen LogP contribution in [0, 0.1) is 14.9 Å². The number of benzene rings is 2.